The number of rotatable bonds is 3. The predicted octanol–water partition coefficient (Wildman–Crippen LogP) is 2.54. The van der Waals surface area contributed by atoms with E-state index in [0.29, 0.717) is 29.8 Å². The van der Waals surface area contributed by atoms with Crippen LogP contribution in [-0.2, 0) is 14.3 Å². The minimum atomic E-state index is -0.374. The quantitative estimate of drug-likeness (QED) is 0.941. The summed E-state index contributed by atoms with van der Waals surface area (Å²) in [6.07, 6.45) is 1.31. The Morgan fingerprint density at radius 2 is 2.30 bits per heavy atom. The third-order valence-corrected chi connectivity index (χ3v) is 3.35. The number of aromatic nitrogens is 1. The number of hydrogen-bond acceptors (Lipinski definition) is 6. The number of aryl methyl sites for hydroxylation is 1. The van der Waals surface area contributed by atoms with Crippen molar-refractivity contribution in [3.05, 3.63) is 35.3 Å². The van der Waals surface area contributed by atoms with Crippen molar-refractivity contribution >= 4 is 22.4 Å². The third kappa shape index (κ3) is 2.67. The Labute approximate surface area is 119 Å². The van der Waals surface area contributed by atoms with Gasteiger partial charge < -0.3 is 13.9 Å². The molecule has 6 nitrogen and oxygen atoms in total. The molecule has 0 aromatic carbocycles. The first-order chi connectivity index (χ1) is 9.72. The van der Waals surface area contributed by atoms with Crippen LogP contribution in [0, 0.1) is 6.92 Å². The molecule has 2 aromatic rings. The maximum Gasteiger partial charge on any atom is 0.295 e. The zero-order chi connectivity index (χ0) is 13.9. The molecule has 1 N–H and O–H groups in total. The molecule has 104 valence electrons. The van der Waals surface area contributed by atoms with E-state index in [1.807, 2.05) is 24.4 Å². The highest BCUT2D eigenvalue weighted by molar-refractivity contribution is 7.14. The summed E-state index contributed by atoms with van der Waals surface area (Å²) in [6, 6.07) is 3.71. The Balaban J connectivity index is 1.71. The summed E-state index contributed by atoms with van der Waals surface area (Å²) in [6.45, 7) is 2.69. The van der Waals surface area contributed by atoms with Crippen molar-refractivity contribution in [3.63, 3.8) is 0 Å². The second kappa shape index (κ2) is 5.38. The van der Waals surface area contributed by atoms with Gasteiger partial charge >= 0.3 is 0 Å². The smallest absolute Gasteiger partial charge is 0.295 e. The van der Waals surface area contributed by atoms with E-state index < -0.39 is 0 Å². The summed E-state index contributed by atoms with van der Waals surface area (Å²) >= 11 is 1.32. The molecule has 0 bridgehead atoms. The maximum atomic E-state index is 11.9. The highest BCUT2D eigenvalue weighted by atomic mass is 32.1. The zero-order valence-electron chi connectivity index (χ0n) is 10.7. The molecule has 0 aliphatic carbocycles. The second-order valence-corrected chi connectivity index (χ2v) is 4.96. The summed E-state index contributed by atoms with van der Waals surface area (Å²) in [4.78, 5) is 16.2. The van der Waals surface area contributed by atoms with E-state index >= 15 is 0 Å². The molecule has 0 unspecified atom stereocenters. The van der Waals surface area contributed by atoms with Crippen LogP contribution in [0.3, 0.4) is 0 Å². The van der Waals surface area contributed by atoms with Gasteiger partial charge in [0.05, 0.1) is 0 Å². The van der Waals surface area contributed by atoms with E-state index in [1.54, 1.807) is 0 Å². The van der Waals surface area contributed by atoms with Crippen molar-refractivity contribution < 1.29 is 18.7 Å². The number of ether oxygens (including phenoxy) is 2. The number of carbonyl (C=O) groups excluding carboxylic acids is 1. The average molecular weight is 292 g/mol. The normalized spacial score (nSPS) is 14.2. The Morgan fingerprint density at radius 1 is 1.40 bits per heavy atom. The molecule has 0 saturated heterocycles. The molecule has 0 fully saturated rings. The standard InChI is InChI=1S/C13H12N2O4S/c1-8-2-3-10(19-8)9-7-20-13(14-9)15-12(16)11-6-17-4-5-18-11/h2-3,6-7H,4-5H2,1H3,(H,14,15,16). The molecule has 0 spiro atoms. The Kier molecular flexibility index (Phi) is 3.42. The van der Waals surface area contributed by atoms with Crippen LogP contribution in [-0.4, -0.2) is 24.1 Å². The molecular formula is C13H12N2O4S. The van der Waals surface area contributed by atoms with E-state index in [2.05, 4.69) is 10.3 Å². The number of thiazole rings is 1. The Hall–Kier alpha value is -2.28. The summed E-state index contributed by atoms with van der Waals surface area (Å²) < 4.78 is 15.7. The highest BCUT2D eigenvalue weighted by Gasteiger charge is 2.17. The van der Waals surface area contributed by atoms with Crippen molar-refractivity contribution in [3.8, 4) is 11.5 Å². The van der Waals surface area contributed by atoms with Crippen LogP contribution >= 0.6 is 11.3 Å². The molecule has 1 amide bonds. The van der Waals surface area contributed by atoms with E-state index in [4.69, 9.17) is 13.9 Å². The topological polar surface area (TPSA) is 73.6 Å². The first kappa shape index (κ1) is 12.7. The van der Waals surface area contributed by atoms with Crippen LogP contribution in [0.5, 0.6) is 0 Å². The van der Waals surface area contributed by atoms with Gasteiger partial charge in [0.25, 0.3) is 5.91 Å². The maximum absolute atomic E-state index is 11.9. The lowest BCUT2D eigenvalue weighted by molar-refractivity contribution is -0.117. The molecule has 3 rings (SSSR count). The summed E-state index contributed by atoms with van der Waals surface area (Å²) in [7, 11) is 0. The van der Waals surface area contributed by atoms with Gasteiger partial charge in [-0.05, 0) is 19.1 Å². The zero-order valence-corrected chi connectivity index (χ0v) is 11.5. The van der Waals surface area contributed by atoms with Gasteiger partial charge in [0, 0.05) is 5.38 Å². The Bertz CT molecular complexity index is 659. The Morgan fingerprint density at radius 3 is 3.00 bits per heavy atom. The van der Waals surface area contributed by atoms with Crippen molar-refractivity contribution in [2.75, 3.05) is 18.5 Å². The summed E-state index contributed by atoms with van der Waals surface area (Å²) in [5.74, 6) is 1.27. The lowest BCUT2D eigenvalue weighted by Gasteiger charge is -2.14. The number of hydrogen-bond donors (Lipinski definition) is 1. The molecule has 20 heavy (non-hydrogen) atoms. The van der Waals surface area contributed by atoms with Gasteiger partial charge in [0.2, 0.25) is 5.76 Å². The molecular weight excluding hydrogens is 280 g/mol. The van der Waals surface area contributed by atoms with Crippen LogP contribution < -0.4 is 5.32 Å². The highest BCUT2D eigenvalue weighted by Crippen LogP contribution is 2.26. The average Bonchev–Trinajstić information content (AvgIpc) is 3.09. The molecule has 1 aliphatic rings. The largest absolute Gasteiger partial charge is 0.494 e. The lowest BCUT2D eigenvalue weighted by Crippen LogP contribution is -2.21. The monoisotopic (exact) mass is 292 g/mol. The van der Waals surface area contributed by atoms with E-state index in [9.17, 15) is 4.79 Å². The molecule has 1 aliphatic heterocycles. The lowest BCUT2D eigenvalue weighted by atomic mass is 10.4. The predicted molar refractivity (Wildman–Crippen MR) is 73.2 cm³/mol. The number of nitrogens with one attached hydrogen (secondary N) is 1. The number of furan rings is 1. The van der Waals surface area contributed by atoms with E-state index in [1.165, 1.54) is 17.6 Å². The van der Waals surface area contributed by atoms with Crippen LogP contribution in [0.1, 0.15) is 5.76 Å². The minimum Gasteiger partial charge on any atom is -0.494 e. The number of carbonyl (C=O) groups is 1. The van der Waals surface area contributed by atoms with Gasteiger partial charge in [-0.1, -0.05) is 0 Å². The SMILES string of the molecule is Cc1ccc(-c2csc(NC(=O)C3=COCCO3)n2)o1. The summed E-state index contributed by atoms with van der Waals surface area (Å²) in [5.41, 5.74) is 0.688. The molecule has 0 saturated carbocycles. The molecule has 0 radical (unpaired) electrons. The van der Waals surface area contributed by atoms with E-state index in [-0.39, 0.29) is 11.7 Å². The van der Waals surface area contributed by atoms with Gasteiger partial charge in [0.1, 0.15) is 30.9 Å². The van der Waals surface area contributed by atoms with Crippen molar-refractivity contribution in [1.29, 1.82) is 0 Å². The minimum absolute atomic E-state index is 0.154. The fourth-order valence-corrected chi connectivity index (χ4v) is 2.36. The van der Waals surface area contributed by atoms with Crippen molar-refractivity contribution in [1.82, 2.24) is 4.98 Å². The molecule has 2 aromatic heterocycles. The van der Waals surface area contributed by atoms with Gasteiger partial charge in [-0.15, -0.1) is 11.3 Å². The molecule has 7 heteroatoms. The van der Waals surface area contributed by atoms with Crippen molar-refractivity contribution in [2.45, 2.75) is 6.92 Å². The third-order valence-electron chi connectivity index (χ3n) is 2.59. The first-order valence-electron chi connectivity index (χ1n) is 6.00. The number of amides is 1. The first-order valence-corrected chi connectivity index (χ1v) is 6.88. The van der Waals surface area contributed by atoms with Gasteiger partial charge in [-0.2, -0.15) is 0 Å². The van der Waals surface area contributed by atoms with Gasteiger partial charge in [-0.25, -0.2) is 4.98 Å². The second-order valence-electron chi connectivity index (χ2n) is 4.10. The van der Waals surface area contributed by atoms with Crippen LogP contribution in [0.4, 0.5) is 5.13 Å². The molecule has 3 heterocycles. The summed E-state index contributed by atoms with van der Waals surface area (Å²) in [5, 5.41) is 4.96. The number of anilines is 1. The van der Waals surface area contributed by atoms with Crippen LogP contribution in [0.25, 0.3) is 11.5 Å². The van der Waals surface area contributed by atoms with Gasteiger partial charge in [0.15, 0.2) is 10.9 Å². The van der Waals surface area contributed by atoms with E-state index in [0.717, 1.165) is 5.76 Å². The van der Waals surface area contributed by atoms with Crippen molar-refractivity contribution in [2.24, 2.45) is 0 Å². The van der Waals surface area contributed by atoms with Gasteiger partial charge in [-0.3, -0.25) is 10.1 Å². The van der Waals surface area contributed by atoms with Crippen LogP contribution in [0.2, 0.25) is 0 Å². The number of nitrogens with zero attached hydrogens (tertiary/aromatic N) is 1. The molecule has 0 atom stereocenters. The fourth-order valence-electron chi connectivity index (χ4n) is 1.66. The fraction of sp³-hybridized carbons (Fsp3) is 0.231. The van der Waals surface area contributed by atoms with Crippen LogP contribution in [0.15, 0.2) is 34.0 Å².